The van der Waals surface area contributed by atoms with Gasteiger partial charge in [0.05, 0.1) is 0 Å². The largest absolute Gasteiger partial charge is 0.476 e. The van der Waals surface area contributed by atoms with Crippen LogP contribution in [-0.2, 0) is 0 Å². The van der Waals surface area contributed by atoms with Crippen molar-refractivity contribution in [1.29, 1.82) is 0 Å². The molecule has 1 aromatic rings. The average Bonchev–Trinajstić information content (AvgIpc) is 2.63. The highest BCUT2D eigenvalue weighted by atomic mass is 32.1. The van der Waals surface area contributed by atoms with E-state index < -0.39 is 5.97 Å². The third-order valence-corrected chi connectivity index (χ3v) is 2.88. The van der Waals surface area contributed by atoms with Gasteiger partial charge in [0, 0.05) is 11.4 Å². The molecule has 0 aliphatic carbocycles. The van der Waals surface area contributed by atoms with E-state index in [4.69, 9.17) is 5.11 Å². The summed E-state index contributed by atoms with van der Waals surface area (Å²) in [5.74, 6) is -0.981. The third kappa shape index (κ3) is 4.16. The number of rotatable bonds is 6. The molecule has 0 radical (unpaired) electrons. The molecule has 2 N–H and O–H groups in total. The molecule has 0 amide bonds. The van der Waals surface area contributed by atoms with E-state index in [0.29, 0.717) is 5.13 Å². The fraction of sp³-hybridized carbons (Fsp3) is 0.600. The highest BCUT2D eigenvalue weighted by Gasteiger charge is 2.10. The predicted molar refractivity (Wildman–Crippen MR) is 65.3 cm³/mol. The van der Waals surface area contributed by atoms with Crippen molar-refractivity contribution in [2.75, 3.05) is 26.0 Å². The molecule has 1 unspecified atom stereocenters. The first kappa shape index (κ1) is 12.9. The van der Waals surface area contributed by atoms with Gasteiger partial charge < -0.3 is 15.3 Å². The Hall–Kier alpha value is -1.14. The topological polar surface area (TPSA) is 65.5 Å². The summed E-state index contributed by atoms with van der Waals surface area (Å²) in [6, 6.07) is 0.287. The van der Waals surface area contributed by atoms with Crippen molar-refractivity contribution in [3.05, 3.63) is 11.1 Å². The van der Waals surface area contributed by atoms with Gasteiger partial charge in [-0.1, -0.05) is 0 Å². The van der Waals surface area contributed by atoms with E-state index in [-0.39, 0.29) is 11.7 Å². The number of carboxylic acid groups (broad SMARTS) is 1. The quantitative estimate of drug-likeness (QED) is 0.794. The van der Waals surface area contributed by atoms with Crippen molar-refractivity contribution in [2.24, 2.45) is 0 Å². The Balaban J connectivity index is 2.43. The highest BCUT2D eigenvalue weighted by molar-refractivity contribution is 7.13. The van der Waals surface area contributed by atoms with Crippen molar-refractivity contribution in [3.8, 4) is 0 Å². The summed E-state index contributed by atoms with van der Waals surface area (Å²) < 4.78 is 0. The minimum Gasteiger partial charge on any atom is -0.476 e. The van der Waals surface area contributed by atoms with E-state index in [0.717, 1.165) is 13.0 Å². The van der Waals surface area contributed by atoms with Crippen LogP contribution < -0.4 is 5.32 Å². The van der Waals surface area contributed by atoms with Crippen LogP contribution in [0.1, 0.15) is 23.8 Å². The van der Waals surface area contributed by atoms with Gasteiger partial charge in [-0.15, -0.1) is 11.3 Å². The average molecular weight is 243 g/mol. The summed E-state index contributed by atoms with van der Waals surface area (Å²) >= 11 is 1.32. The number of hydrogen-bond acceptors (Lipinski definition) is 5. The molecule has 0 spiro atoms. The molecule has 0 saturated carbocycles. The Kier molecular flexibility index (Phi) is 4.70. The van der Waals surface area contributed by atoms with E-state index in [1.54, 1.807) is 5.38 Å². The first-order chi connectivity index (χ1) is 7.49. The van der Waals surface area contributed by atoms with E-state index in [9.17, 15) is 4.79 Å². The van der Waals surface area contributed by atoms with Crippen LogP contribution in [0.15, 0.2) is 5.38 Å². The molecule has 1 heterocycles. The minimum absolute atomic E-state index is 0.104. The first-order valence-electron chi connectivity index (χ1n) is 5.09. The molecular formula is C10H17N3O2S. The zero-order chi connectivity index (χ0) is 12.1. The van der Waals surface area contributed by atoms with Crippen LogP contribution in [0.5, 0.6) is 0 Å². The van der Waals surface area contributed by atoms with Crippen LogP contribution in [-0.4, -0.2) is 47.6 Å². The molecule has 0 aromatic carbocycles. The van der Waals surface area contributed by atoms with Gasteiger partial charge in [-0.3, -0.25) is 0 Å². The summed E-state index contributed by atoms with van der Waals surface area (Å²) in [4.78, 5) is 16.7. The predicted octanol–water partition coefficient (Wildman–Crippen LogP) is 1.59. The lowest BCUT2D eigenvalue weighted by molar-refractivity contribution is 0.0691. The Morgan fingerprint density at radius 1 is 1.69 bits per heavy atom. The minimum atomic E-state index is -0.981. The molecule has 5 nitrogen and oxygen atoms in total. The first-order valence-corrected chi connectivity index (χ1v) is 5.97. The second-order valence-corrected chi connectivity index (χ2v) is 4.84. The van der Waals surface area contributed by atoms with Crippen LogP contribution in [0.3, 0.4) is 0 Å². The molecule has 16 heavy (non-hydrogen) atoms. The Labute approximate surface area is 99.1 Å². The summed E-state index contributed by atoms with van der Waals surface area (Å²) in [6.07, 6.45) is 0.995. The molecule has 0 saturated heterocycles. The van der Waals surface area contributed by atoms with Crippen LogP contribution in [0.2, 0.25) is 0 Å². The zero-order valence-corrected chi connectivity index (χ0v) is 10.5. The van der Waals surface area contributed by atoms with E-state index in [1.807, 2.05) is 14.1 Å². The summed E-state index contributed by atoms with van der Waals surface area (Å²) in [5, 5.41) is 14.1. The van der Waals surface area contributed by atoms with Crippen molar-refractivity contribution >= 4 is 22.4 Å². The lowest BCUT2D eigenvalue weighted by Gasteiger charge is -2.15. The fourth-order valence-electron chi connectivity index (χ4n) is 1.17. The number of aromatic nitrogens is 1. The molecule has 0 aliphatic heterocycles. The molecule has 0 aliphatic rings. The van der Waals surface area contributed by atoms with Crippen LogP contribution in [0.25, 0.3) is 0 Å². The summed E-state index contributed by atoms with van der Waals surface area (Å²) in [7, 11) is 4.05. The van der Waals surface area contributed by atoms with Gasteiger partial charge in [0.2, 0.25) is 0 Å². The van der Waals surface area contributed by atoms with Gasteiger partial charge >= 0.3 is 5.97 Å². The van der Waals surface area contributed by atoms with Gasteiger partial charge in [-0.25, -0.2) is 9.78 Å². The number of nitrogens with one attached hydrogen (secondary N) is 1. The molecule has 6 heteroatoms. The van der Waals surface area contributed by atoms with Gasteiger partial charge in [0.15, 0.2) is 10.8 Å². The van der Waals surface area contributed by atoms with Crippen LogP contribution >= 0.6 is 11.3 Å². The molecule has 90 valence electrons. The summed E-state index contributed by atoms with van der Waals surface area (Å²) in [6.45, 7) is 3.05. The van der Waals surface area contributed by atoms with Crippen molar-refractivity contribution in [1.82, 2.24) is 9.88 Å². The number of hydrogen-bond donors (Lipinski definition) is 2. The van der Waals surface area contributed by atoms with Gasteiger partial charge in [0.1, 0.15) is 0 Å². The molecular weight excluding hydrogens is 226 g/mol. The maximum atomic E-state index is 10.6. The fourth-order valence-corrected chi connectivity index (χ4v) is 1.97. The number of carbonyl (C=O) groups is 1. The van der Waals surface area contributed by atoms with Crippen molar-refractivity contribution < 1.29 is 9.90 Å². The van der Waals surface area contributed by atoms with Crippen molar-refractivity contribution in [2.45, 2.75) is 19.4 Å². The monoisotopic (exact) mass is 243 g/mol. The number of anilines is 1. The Morgan fingerprint density at radius 3 is 2.88 bits per heavy atom. The van der Waals surface area contributed by atoms with Gasteiger partial charge in [-0.05, 0) is 34.0 Å². The number of carboxylic acids is 1. The normalized spacial score (nSPS) is 12.8. The lowest BCUT2D eigenvalue weighted by Crippen LogP contribution is -2.22. The Morgan fingerprint density at radius 2 is 2.38 bits per heavy atom. The lowest BCUT2D eigenvalue weighted by atomic mass is 10.2. The smallest absolute Gasteiger partial charge is 0.355 e. The van der Waals surface area contributed by atoms with E-state index in [1.165, 1.54) is 11.3 Å². The second kappa shape index (κ2) is 5.81. The molecule has 1 atom stereocenters. The second-order valence-electron chi connectivity index (χ2n) is 3.98. The Bertz CT molecular complexity index is 352. The third-order valence-electron chi connectivity index (χ3n) is 2.10. The van der Waals surface area contributed by atoms with E-state index >= 15 is 0 Å². The van der Waals surface area contributed by atoms with Gasteiger partial charge in [0.25, 0.3) is 0 Å². The number of aromatic carboxylic acids is 1. The molecule has 1 rings (SSSR count). The van der Waals surface area contributed by atoms with Crippen LogP contribution in [0.4, 0.5) is 5.13 Å². The maximum absolute atomic E-state index is 10.6. The molecule has 1 aromatic heterocycles. The van der Waals surface area contributed by atoms with Crippen LogP contribution in [0, 0.1) is 0 Å². The SMILES string of the molecule is CC(CCN(C)C)Nc1nc(C(=O)O)cs1. The van der Waals surface area contributed by atoms with Gasteiger partial charge in [-0.2, -0.15) is 0 Å². The number of thiazole rings is 1. The maximum Gasteiger partial charge on any atom is 0.355 e. The number of nitrogens with zero attached hydrogens (tertiary/aromatic N) is 2. The molecule has 0 fully saturated rings. The zero-order valence-electron chi connectivity index (χ0n) is 9.73. The highest BCUT2D eigenvalue weighted by Crippen LogP contribution is 2.16. The molecule has 0 bridgehead atoms. The summed E-state index contributed by atoms with van der Waals surface area (Å²) in [5.41, 5.74) is 0.104. The van der Waals surface area contributed by atoms with Crippen molar-refractivity contribution in [3.63, 3.8) is 0 Å². The standard InChI is InChI=1S/C10H17N3O2S/c1-7(4-5-13(2)3)11-10-12-8(6-16-10)9(14)15/h6-7H,4-5H2,1-3H3,(H,11,12)(H,14,15). The van der Waals surface area contributed by atoms with E-state index in [2.05, 4.69) is 22.1 Å².